The van der Waals surface area contributed by atoms with Crippen LogP contribution in [0.2, 0.25) is 0 Å². The number of ether oxygens (including phenoxy) is 1. The van der Waals surface area contributed by atoms with E-state index in [1.54, 1.807) is 18.2 Å². The van der Waals surface area contributed by atoms with E-state index in [-0.39, 0.29) is 0 Å². The molecule has 0 atom stereocenters. The van der Waals surface area contributed by atoms with Crippen molar-refractivity contribution in [1.29, 1.82) is 0 Å². The largest absolute Gasteiger partial charge is 0.488 e. The van der Waals surface area contributed by atoms with Crippen LogP contribution >= 0.6 is 0 Å². The lowest BCUT2D eigenvalue weighted by molar-refractivity contribution is 0.307. The van der Waals surface area contributed by atoms with Crippen LogP contribution in [0.25, 0.3) is 11.1 Å². The average Bonchev–Trinajstić information content (AvgIpc) is 2.62. The second kappa shape index (κ2) is 7.21. The van der Waals surface area contributed by atoms with Crippen molar-refractivity contribution in [2.24, 2.45) is 4.99 Å². The Hall–Kier alpha value is -3.16. The molecule has 0 fully saturated rings. The van der Waals surface area contributed by atoms with Gasteiger partial charge in [0.05, 0.1) is 5.69 Å². The molecule has 112 valence electrons. The molecule has 0 amide bonds. The van der Waals surface area contributed by atoms with Crippen LogP contribution in [0.5, 0.6) is 5.75 Å². The highest BCUT2D eigenvalue weighted by molar-refractivity contribution is 5.71. The first-order valence-corrected chi connectivity index (χ1v) is 7.31. The fraction of sp³-hybridized carbons (Fsp3) is 0.0500. The highest BCUT2D eigenvalue weighted by Crippen LogP contribution is 2.31. The van der Waals surface area contributed by atoms with Crippen molar-refractivity contribution in [3.05, 3.63) is 84.4 Å². The lowest BCUT2D eigenvalue weighted by Gasteiger charge is -2.12. The summed E-state index contributed by atoms with van der Waals surface area (Å²) in [6.07, 6.45) is 1.54. The normalized spacial score (nSPS) is 9.91. The Morgan fingerprint density at radius 2 is 1.52 bits per heavy atom. The van der Waals surface area contributed by atoms with Gasteiger partial charge in [-0.05, 0) is 29.3 Å². The number of hydrogen-bond acceptors (Lipinski definition) is 3. The Labute approximate surface area is 134 Å². The van der Waals surface area contributed by atoms with E-state index in [0.717, 1.165) is 22.4 Å². The Kier molecular flexibility index (Phi) is 4.63. The number of carbonyl (C=O) groups excluding carboxylic acids is 1. The van der Waals surface area contributed by atoms with Crippen molar-refractivity contribution in [3.8, 4) is 16.9 Å². The van der Waals surface area contributed by atoms with Crippen LogP contribution in [0, 0.1) is 0 Å². The van der Waals surface area contributed by atoms with Gasteiger partial charge in [-0.3, -0.25) is 0 Å². The van der Waals surface area contributed by atoms with Crippen LogP contribution in [0.3, 0.4) is 0 Å². The van der Waals surface area contributed by atoms with Gasteiger partial charge in [-0.1, -0.05) is 60.7 Å². The number of aliphatic imine (C=N–C) groups is 1. The van der Waals surface area contributed by atoms with Gasteiger partial charge in [-0.25, -0.2) is 4.79 Å². The zero-order valence-corrected chi connectivity index (χ0v) is 12.5. The summed E-state index contributed by atoms with van der Waals surface area (Å²) >= 11 is 0. The van der Waals surface area contributed by atoms with E-state index in [0.29, 0.717) is 12.3 Å². The minimum absolute atomic E-state index is 0.519. The van der Waals surface area contributed by atoms with E-state index >= 15 is 0 Å². The third-order valence-corrected chi connectivity index (χ3v) is 3.48. The van der Waals surface area contributed by atoms with Gasteiger partial charge >= 0.3 is 0 Å². The number of para-hydroxylation sites is 1. The molecule has 0 spiro atoms. The highest BCUT2D eigenvalue weighted by Gasteiger charge is 2.06. The fourth-order valence-electron chi connectivity index (χ4n) is 2.33. The average molecular weight is 301 g/mol. The number of benzene rings is 3. The summed E-state index contributed by atoms with van der Waals surface area (Å²) < 4.78 is 5.97. The van der Waals surface area contributed by atoms with Crippen molar-refractivity contribution in [2.45, 2.75) is 6.61 Å². The molecule has 0 aliphatic carbocycles. The monoisotopic (exact) mass is 301 g/mol. The maximum atomic E-state index is 10.3. The van der Waals surface area contributed by atoms with Crippen LogP contribution in [0.15, 0.2) is 83.9 Å². The van der Waals surface area contributed by atoms with Gasteiger partial charge in [0.15, 0.2) is 0 Å². The number of hydrogen-bond donors (Lipinski definition) is 0. The fourth-order valence-corrected chi connectivity index (χ4v) is 2.33. The first-order chi connectivity index (χ1) is 11.4. The molecular weight excluding hydrogens is 286 g/mol. The van der Waals surface area contributed by atoms with Crippen LogP contribution in [-0.4, -0.2) is 6.08 Å². The molecule has 0 aliphatic rings. The number of isocyanates is 1. The summed E-state index contributed by atoms with van der Waals surface area (Å²) in [7, 11) is 0. The summed E-state index contributed by atoms with van der Waals surface area (Å²) in [5, 5.41) is 0. The lowest BCUT2D eigenvalue weighted by atomic mass is 10.0. The van der Waals surface area contributed by atoms with Gasteiger partial charge in [-0.15, -0.1) is 0 Å². The number of rotatable bonds is 5. The Balaban J connectivity index is 1.84. The molecule has 3 heteroatoms. The second-order valence-electron chi connectivity index (χ2n) is 5.02. The van der Waals surface area contributed by atoms with Gasteiger partial charge in [-0.2, -0.15) is 4.99 Å². The minimum Gasteiger partial charge on any atom is -0.488 e. The molecule has 0 saturated heterocycles. The molecule has 3 aromatic carbocycles. The van der Waals surface area contributed by atoms with Gasteiger partial charge in [0.25, 0.3) is 0 Å². The number of nitrogens with zero attached hydrogens (tertiary/aromatic N) is 1. The van der Waals surface area contributed by atoms with E-state index in [2.05, 4.69) is 4.99 Å². The van der Waals surface area contributed by atoms with Gasteiger partial charge in [0.1, 0.15) is 12.4 Å². The molecule has 0 N–H and O–H groups in total. The SMILES string of the molecule is O=C=Nc1ccc(-c2ccccc2OCc2ccccc2)cc1. The first kappa shape index (κ1) is 14.8. The van der Waals surface area contributed by atoms with Gasteiger partial charge in [0, 0.05) is 5.56 Å². The lowest BCUT2D eigenvalue weighted by Crippen LogP contribution is -1.96. The molecule has 23 heavy (non-hydrogen) atoms. The van der Waals surface area contributed by atoms with Crippen LogP contribution in [-0.2, 0) is 11.4 Å². The topological polar surface area (TPSA) is 38.7 Å². The van der Waals surface area contributed by atoms with Crippen molar-refractivity contribution in [1.82, 2.24) is 0 Å². The van der Waals surface area contributed by atoms with Crippen LogP contribution in [0.1, 0.15) is 5.56 Å². The summed E-state index contributed by atoms with van der Waals surface area (Å²) in [6.45, 7) is 0.519. The smallest absolute Gasteiger partial charge is 0.240 e. The predicted molar refractivity (Wildman–Crippen MR) is 90.4 cm³/mol. The molecule has 3 nitrogen and oxygen atoms in total. The molecule has 0 bridgehead atoms. The van der Waals surface area contributed by atoms with Crippen molar-refractivity contribution < 1.29 is 9.53 Å². The molecular formula is C20H15NO2. The molecule has 0 aliphatic heterocycles. The standard InChI is InChI=1S/C20H15NO2/c22-15-21-18-12-10-17(11-13-18)19-8-4-5-9-20(19)23-14-16-6-2-1-3-7-16/h1-13H,14H2. The van der Waals surface area contributed by atoms with E-state index in [9.17, 15) is 4.79 Å². The summed E-state index contributed by atoms with van der Waals surface area (Å²) in [5.74, 6) is 0.822. The van der Waals surface area contributed by atoms with Crippen molar-refractivity contribution >= 4 is 11.8 Å². The maximum absolute atomic E-state index is 10.3. The molecule has 0 aromatic heterocycles. The van der Waals surface area contributed by atoms with E-state index in [1.165, 1.54) is 0 Å². The van der Waals surface area contributed by atoms with E-state index in [1.807, 2.05) is 66.7 Å². The molecule has 3 rings (SSSR count). The van der Waals surface area contributed by atoms with Gasteiger partial charge in [0.2, 0.25) is 6.08 Å². The van der Waals surface area contributed by atoms with Crippen molar-refractivity contribution in [2.75, 3.05) is 0 Å². The second-order valence-corrected chi connectivity index (χ2v) is 5.02. The first-order valence-electron chi connectivity index (χ1n) is 7.31. The molecule has 0 unspecified atom stereocenters. The third kappa shape index (κ3) is 3.73. The highest BCUT2D eigenvalue weighted by atomic mass is 16.5. The molecule has 0 saturated carbocycles. The van der Waals surface area contributed by atoms with Gasteiger partial charge < -0.3 is 4.74 Å². The van der Waals surface area contributed by atoms with E-state index < -0.39 is 0 Å². The van der Waals surface area contributed by atoms with Crippen molar-refractivity contribution in [3.63, 3.8) is 0 Å². The zero-order chi connectivity index (χ0) is 15.9. The summed E-state index contributed by atoms with van der Waals surface area (Å²) in [4.78, 5) is 13.9. The molecule has 0 heterocycles. The Morgan fingerprint density at radius 3 is 2.26 bits per heavy atom. The maximum Gasteiger partial charge on any atom is 0.240 e. The van der Waals surface area contributed by atoms with Crippen LogP contribution < -0.4 is 4.74 Å². The Morgan fingerprint density at radius 1 is 0.826 bits per heavy atom. The summed E-state index contributed by atoms with van der Waals surface area (Å²) in [5.41, 5.74) is 3.73. The quantitative estimate of drug-likeness (QED) is 0.496. The van der Waals surface area contributed by atoms with Crippen LogP contribution in [0.4, 0.5) is 5.69 Å². The predicted octanol–water partition coefficient (Wildman–Crippen LogP) is 4.90. The molecule has 0 radical (unpaired) electrons. The third-order valence-electron chi connectivity index (χ3n) is 3.48. The van der Waals surface area contributed by atoms with E-state index in [4.69, 9.17) is 4.74 Å². The molecule has 3 aromatic rings. The zero-order valence-electron chi connectivity index (χ0n) is 12.5. The summed E-state index contributed by atoms with van der Waals surface area (Å²) in [6, 6.07) is 25.4. The minimum atomic E-state index is 0.519. The Bertz CT molecular complexity index is 820.